The molecule has 0 amide bonds. The maximum atomic E-state index is 4.90. The van der Waals surface area contributed by atoms with E-state index < -0.39 is 0 Å². The number of rotatable bonds is 3. The molecule has 0 aliphatic carbocycles. The monoisotopic (exact) mass is 493 g/mol. The van der Waals surface area contributed by atoms with Crippen LogP contribution < -0.4 is 3.83 Å². The molecule has 89 valence electrons. The van der Waals surface area contributed by atoms with Gasteiger partial charge in [0.15, 0.2) is 22.0 Å². The second kappa shape index (κ2) is 10.1. The summed E-state index contributed by atoms with van der Waals surface area (Å²) in [5.74, 6) is 0.736. The Morgan fingerprint density at radius 2 is 1.81 bits per heavy atom. The molecule has 0 aliphatic heterocycles. The average molecular weight is 497 g/mol. The Bertz CT molecular complexity index is 321. The van der Waals surface area contributed by atoms with Gasteiger partial charge in [-0.25, -0.2) is 0 Å². The van der Waals surface area contributed by atoms with Gasteiger partial charge in [0.1, 0.15) is 0 Å². The molecule has 0 aromatic heterocycles. The molecule has 0 spiro atoms. The maximum Gasteiger partial charge on any atom is 0.246 e. The van der Waals surface area contributed by atoms with Crippen molar-refractivity contribution in [2.45, 2.75) is 13.3 Å². The van der Waals surface area contributed by atoms with Gasteiger partial charge in [-0.1, -0.05) is 6.92 Å². The van der Waals surface area contributed by atoms with Crippen molar-refractivity contribution in [2.24, 2.45) is 0 Å². The fourth-order valence-electron chi connectivity index (χ4n) is 0.670. The third-order valence-electron chi connectivity index (χ3n) is 1.39. The highest BCUT2D eigenvalue weighted by atomic mass is 79.9. The standard InChI is InChI=1S/C6H2Br4O.C3H7OSi/c7-3-1-2-4(11-10)6(9)5(3)8;1-2-3-4-5/h1-2H;2-3H2,1H3. The van der Waals surface area contributed by atoms with Gasteiger partial charge in [0.25, 0.3) is 0 Å². The van der Waals surface area contributed by atoms with Crippen LogP contribution in [0.15, 0.2) is 25.6 Å². The fraction of sp³-hybridized carbons (Fsp3) is 0.333. The highest BCUT2D eigenvalue weighted by Crippen LogP contribution is 2.38. The number of benzene rings is 1. The molecule has 1 rings (SSSR count). The predicted octanol–water partition coefficient (Wildman–Crippen LogP) is 5.16. The van der Waals surface area contributed by atoms with Crippen LogP contribution >= 0.6 is 64.0 Å². The molecule has 16 heavy (non-hydrogen) atoms. The van der Waals surface area contributed by atoms with E-state index in [2.05, 4.69) is 85.9 Å². The van der Waals surface area contributed by atoms with E-state index in [0.29, 0.717) is 0 Å². The molecule has 7 heteroatoms. The molecular formula is C9H9Br4O2Si. The quantitative estimate of drug-likeness (QED) is 0.425. The molecule has 0 saturated carbocycles. The van der Waals surface area contributed by atoms with Gasteiger partial charge < -0.3 is 8.25 Å². The van der Waals surface area contributed by atoms with Crippen LogP contribution in [0.4, 0.5) is 0 Å². The first kappa shape index (κ1) is 17.1. The summed E-state index contributed by atoms with van der Waals surface area (Å²) in [5.41, 5.74) is 0. The van der Waals surface area contributed by atoms with Gasteiger partial charge in [-0.2, -0.15) is 0 Å². The van der Waals surface area contributed by atoms with Crippen molar-refractivity contribution in [3.8, 4) is 5.75 Å². The topological polar surface area (TPSA) is 18.5 Å². The lowest BCUT2D eigenvalue weighted by Gasteiger charge is -2.03. The Morgan fingerprint density at radius 1 is 1.19 bits per heavy atom. The summed E-state index contributed by atoms with van der Waals surface area (Å²) in [6.07, 6.45) is 1.07. The van der Waals surface area contributed by atoms with Gasteiger partial charge in [-0.3, -0.25) is 0 Å². The first-order valence-electron chi connectivity index (χ1n) is 4.29. The molecule has 1 aromatic carbocycles. The van der Waals surface area contributed by atoms with Crippen molar-refractivity contribution in [1.82, 2.24) is 0 Å². The summed E-state index contributed by atoms with van der Waals surface area (Å²) in [6, 6.07) is 3.74. The van der Waals surface area contributed by atoms with Crippen LogP contribution in [-0.4, -0.2) is 17.1 Å². The van der Waals surface area contributed by atoms with E-state index >= 15 is 0 Å². The third kappa shape index (κ3) is 6.16. The highest BCUT2D eigenvalue weighted by molar-refractivity contribution is 9.14. The zero-order valence-corrected chi connectivity index (χ0v) is 15.7. The first-order chi connectivity index (χ1) is 7.58. The zero-order chi connectivity index (χ0) is 12.6. The van der Waals surface area contributed by atoms with Crippen molar-refractivity contribution in [3.63, 3.8) is 0 Å². The largest absolute Gasteiger partial charge is 0.419 e. The molecule has 0 bridgehead atoms. The van der Waals surface area contributed by atoms with Crippen molar-refractivity contribution in [2.75, 3.05) is 6.61 Å². The Morgan fingerprint density at radius 3 is 2.19 bits per heavy atom. The van der Waals surface area contributed by atoms with E-state index in [0.717, 1.165) is 32.2 Å². The van der Waals surface area contributed by atoms with Crippen LogP contribution in [0, 0.1) is 0 Å². The SMILES string of the molecule is BrOc1ccc(Br)c(Br)c1Br.CCCO[Si]. The van der Waals surface area contributed by atoms with E-state index in [1.54, 1.807) is 0 Å². The molecule has 1 aromatic rings. The van der Waals surface area contributed by atoms with Crippen molar-refractivity contribution in [1.29, 1.82) is 0 Å². The molecule has 0 heterocycles. The molecule has 0 unspecified atom stereocenters. The molecule has 0 N–H and O–H groups in total. The van der Waals surface area contributed by atoms with Crippen molar-refractivity contribution in [3.05, 3.63) is 25.6 Å². The molecule has 0 fully saturated rings. The lowest BCUT2D eigenvalue weighted by molar-refractivity contribution is 0.349. The van der Waals surface area contributed by atoms with Gasteiger partial charge in [0, 0.05) is 15.6 Å². The van der Waals surface area contributed by atoms with Crippen LogP contribution in [0.25, 0.3) is 0 Å². The van der Waals surface area contributed by atoms with Gasteiger partial charge in [-0.15, -0.1) is 0 Å². The minimum Gasteiger partial charge on any atom is -0.419 e. The second-order valence-electron chi connectivity index (χ2n) is 2.60. The smallest absolute Gasteiger partial charge is 0.246 e. The summed E-state index contributed by atoms with van der Waals surface area (Å²) in [7, 11) is 2.85. The lowest BCUT2D eigenvalue weighted by atomic mass is 10.3. The van der Waals surface area contributed by atoms with Crippen LogP contribution in [0.2, 0.25) is 0 Å². The van der Waals surface area contributed by atoms with Gasteiger partial charge >= 0.3 is 0 Å². The van der Waals surface area contributed by atoms with Crippen LogP contribution in [0.1, 0.15) is 13.3 Å². The highest BCUT2D eigenvalue weighted by Gasteiger charge is 2.07. The Labute approximate surface area is 133 Å². The number of hydrogen-bond donors (Lipinski definition) is 0. The average Bonchev–Trinajstić information content (AvgIpc) is 2.28. The van der Waals surface area contributed by atoms with Crippen LogP contribution in [-0.2, 0) is 4.43 Å². The minimum atomic E-state index is 0.736. The predicted molar refractivity (Wildman–Crippen MR) is 81.1 cm³/mol. The molecule has 0 atom stereocenters. The normalized spacial score (nSPS) is 9.38. The van der Waals surface area contributed by atoms with Crippen molar-refractivity contribution < 1.29 is 8.25 Å². The van der Waals surface area contributed by atoms with Crippen molar-refractivity contribution >= 4 is 74.5 Å². The number of halogens is 4. The summed E-state index contributed by atoms with van der Waals surface area (Å²) < 4.78 is 12.2. The van der Waals surface area contributed by atoms with Gasteiger partial charge in [0.05, 0.1) is 4.47 Å². The molecule has 0 aliphatic rings. The van der Waals surface area contributed by atoms with E-state index in [-0.39, 0.29) is 0 Å². The maximum absolute atomic E-state index is 4.90. The van der Waals surface area contributed by atoms with E-state index in [1.807, 2.05) is 12.1 Å². The Hall–Kier alpha value is 1.12. The van der Waals surface area contributed by atoms with Crippen LogP contribution in [0.5, 0.6) is 5.75 Å². The summed E-state index contributed by atoms with van der Waals surface area (Å²) in [4.78, 5) is 0. The third-order valence-corrected chi connectivity index (χ3v) is 5.28. The van der Waals surface area contributed by atoms with Gasteiger partial charge in [-0.05, 0) is 66.3 Å². The Balaban J connectivity index is 0.000000385. The van der Waals surface area contributed by atoms with E-state index in [4.69, 9.17) is 3.83 Å². The Kier molecular flexibility index (Phi) is 10.8. The zero-order valence-electron chi connectivity index (χ0n) is 8.40. The van der Waals surface area contributed by atoms with E-state index in [9.17, 15) is 0 Å². The fourth-order valence-corrected chi connectivity index (χ4v) is 2.71. The lowest BCUT2D eigenvalue weighted by Crippen LogP contribution is -1.83. The summed E-state index contributed by atoms with van der Waals surface area (Å²) in [6.45, 7) is 2.86. The van der Waals surface area contributed by atoms with Gasteiger partial charge in [0.2, 0.25) is 10.5 Å². The molecule has 0 saturated heterocycles. The second-order valence-corrected chi connectivity index (χ2v) is 5.65. The molecule has 2 nitrogen and oxygen atoms in total. The van der Waals surface area contributed by atoms with E-state index in [1.165, 1.54) is 0 Å². The number of hydrogen-bond acceptors (Lipinski definition) is 2. The first-order valence-corrected chi connectivity index (χ1v) is 7.72. The molecule has 3 radical (unpaired) electrons. The minimum absolute atomic E-state index is 0.736. The summed E-state index contributed by atoms with van der Waals surface area (Å²) >= 11 is 13.0. The molecular weight excluding hydrogens is 488 g/mol. The summed E-state index contributed by atoms with van der Waals surface area (Å²) in [5, 5.41) is 0. The van der Waals surface area contributed by atoms with Crippen LogP contribution in [0.3, 0.4) is 0 Å².